The van der Waals surface area contributed by atoms with Gasteiger partial charge < -0.3 is 15.8 Å². The molecule has 0 aliphatic carbocycles. The second-order valence-electron chi connectivity index (χ2n) is 4.58. The van der Waals surface area contributed by atoms with Crippen LogP contribution in [-0.4, -0.2) is 18.6 Å². The second-order valence-corrected chi connectivity index (χ2v) is 5.88. The number of methoxy groups -OCH3 is 1. The molecule has 0 unspecified atom stereocenters. The van der Waals surface area contributed by atoms with Crippen LogP contribution in [0.25, 0.3) is 0 Å². The number of benzene rings is 2. The number of rotatable bonds is 6. The average molecular weight is 365 g/mol. The third kappa shape index (κ3) is 4.44. The van der Waals surface area contributed by atoms with Gasteiger partial charge >= 0.3 is 0 Å². The Hall–Kier alpha value is -1.59. The molecule has 0 atom stereocenters. The van der Waals surface area contributed by atoms with E-state index in [0.29, 0.717) is 4.99 Å². The van der Waals surface area contributed by atoms with Crippen LogP contribution in [0.2, 0.25) is 0 Å². The number of nitrogens with two attached hydrogens (primary N) is 1. The molecule has 2 aromatic rings. The summed E-state index contributed by atoms with van der Waals surface area (Å²) in [6.07, 6.45) is 0.943. The van der Waals surface area contributed by atoms with E-state index < -0.39 is 0 Å². The molecule has 0 radical (unpaired) electrons. The smallest absolute Gasteiger partial charge is 0.118 e. The number of anilines is 1. The lowest BCUT2D eigenvalue weighted by atomic mass is 10.1. The molecule has 5 heteroatoms. The molecule has 0 fully saturated rings. The lowest BCUT2D eigenvalue weighted by molar-refractivity contribution is 0.414. The predicted octanol–water partition coefficient (Wildman–Crippen LogP) is 3.75. The van der Waals surface area contributed by atoms with Gasteiger partial charge in [-0.25, -0.2) is 0 Å². The summed E-state index contributed by atoms with van der Waals surface area (Å²) in [5.74, 6) is 0.879. The summed E-state index contributed by atoms with van der Waals surface area (Å²) in [5, 5.41) is 3.38. The standard InChI is InChI=1S/C16H17BrN2OS/c1-20-13-5-2-11(3-6-13)8-9-19-12-4-7-14(16(18)21)15(17)10-12/h2-7,10,19H,8-9H2,1H3,(H2,18,21). The van der Waals surface area contributed by atoms with E-state index in [1.807, 2.05) is 30.3 Å². The molecule has 0 aliphatic rings. The first kappa shape index (κ1) is 15.8. The number of hydrogen-bond donors (Lipinski definition) is 2. The van der Waals surface area contributed by atoms with Gasteiger partial charge in [0, 0.05) is 22.3 Å². The second kappa shape index (κ2) is 7.43. The topological polar surface area (TPSA) is 47.3 Å². The van der Waals surface area contributed by atoms with E-state index >= 15 is 0 Å². The molecule has 0 aromatic heterocycles. The number of halogens is 1. The van der Waals surface area contributed by atoms with E-state index in [1.54, 1.807) is 7.11 Å². The highest BCUT2D eigenvalue weighted by Gasteiger charge is 2.03. The molecule has 0 saturated carbocycles. The van der Waals surface area contributed by atoms with Crippen LogP contribution in [0.4, 0.5) is 5.69 Å². The van der Waals surface area contributed by atoms with Gasteiger partial charge in [-0.2, -0.15) is 0 Å². The van der Waals surface area contributed by atoms with Crippen LogP contribution in [0.3, 0.4) is 0 Å². The third-order valence-corrected chi connectivity index (χ3v) is 4.01. The van der Waals surface area contributed by atoms with E-state index in [9.17, 15) is 0 Å². The Kier molecular flexibility index (Phi) is 5.59. The van der Waals surface area contributed by atoms with E-state index in [-0.39, 0.29) is 0 Å². The molecule has 0 heterocycles. The van der Waals surface area contributed by atoms with Gasteiger partial charge in [-0.15, -0.1) is 0 Å². The van der Waals surface area contributed by atoms with Gasteiger partial charge in [-0.1, -0.05) is 24.4 Å². The number of nitrogens with one attached hydrogen (secondary N) is 1. The Morgan fingerprint density at radius 3 is 2.52 bits per heavy atom. The number of thiocarbonyl (C=S) groups is 1. The zero-order chi connectivity index (χ0) is 15.2. The van der Waals surface area contributed by atoms with Crippen LogP contribution in [0.5, 0.6) is 5.75 Å². The molecular weight excluding hydrogens is 348 g/mol. The molecule has 0 amide bonds. The maximum Gasteiger partial charge on any atom is 0.118 e. The fourth-order valence-corrected chi connectivity index (χ4v) is 2.87. The monoisotopic (exact) mass is 364 g/mol. The zero-order valence-electron chi connectivity index (χ0n) is 11.7. The van der Waals surface area contributed by atoms with Crippen LogP contribution < -0.4 is 15.8 Å². The van der Waals surface area contributed by atoms with Gasteiger partial charge in [-0.05, 0) is 58.2 Å². The summed E-state index contributed by atoms with van der Waals surface area (Å²) in [5.41, 5.74) is 8.79. The molecule has 2 aromatic carbocycles. The number of hydrogen-bond acceptors (Lipinski definition) is 3. The Labute approximate surface area is 138 Å². The first-order chi connectivity index (χ1) is 10.1. The van der Waals surface area contributed by atoms with E-state index in [1.165, 1.54) is 5.56 Å². The van der Waals surface area contributed by atoms with Gasteiger partial charge in [0.2, 0.25) is 0 Å². The predicted molar refractivity (Wildman–Crippen MR) is 95.2 cm³/mol. The van der Waals surface area contributed by atoms with Crippen LogP contribution in [-0.2, 0) is 6.42 Å². The largest absolute Gasteiger partial charge is 0.497 e. The van der Waals surface area contributed by atoms with Gasteiger partial charge in [-0.3, -0.25) is 0 Å². The van der Waals surface area contributed by atoms with Crippen LogP contribution in [0, 0.1) is 0 Å². The molecule has 0 bridgehead atoms. The maximum atomic E-state index is 5.64. The lowest BCUT2D eigenvalue weighted by Crippen LogP contribution is -2.11. The molecule has 0 aliphatic heterocycles. The zero-order valence-corrected chi connectivity index (χ0v) is 14.1. The molecule has 0 saturated heterocycles. The van der Waals surface area contributed by atoms with Crippen molar-refractivity contribution in [3.63, 3.8) is 0 Å². The molecule has 110 valence electrons. The van der Waals surface area contributed by atoms with Crippen molar-refractivity contribution >= 4 is 38.8 Å². The van der Waals surface area contributed by atoms with Gasteiger partial charge in [0.1, 0.15) is 10.7 Å². The van der Waals surface area contributed by atoms with E-state index in [4.69, 9.17) is 22.7 Å². The normalized spacial score (nSPS) is 10.2. The Morgan fingerprint density at radius 1 is 1.24 bits per heavy atom. The number of ether oxygens (including phenoxy) is 1. The van der Waals surface area contributed by atoms with E-state index in [0.717, 1.165) is 34.4 Å². The first-order valence-electron chi connectivity index (χ1n) is 6.56. The van der Waals surface area contributed by atoms with Crippen LogP contribution in [0.1, 0.15) is 11.1 Å². The van der Waals surface area contributed by atoms with Gasteiger partial charge in [0.25, 0.3) is 0 Å². The van der Waals surface area contributed by atoms with Gasteiger partial charge in [0.05, 0.1) is 7.11 Å². The molecule has 0 spiro atoms. The van der Waals surface area contributed by atoms with Crippen molar-refractivity contribution in [1.82, 2.24) is 0 Å². The quantitative estimate of drug-likeness (QED) is 0.766. The molecule has 3 nitrogen and oxygen atoms in total. The fourth-order valence-electron chi connectivity index (χ4n) is 1.97. The summed E-state index contributed by atoms with van der Waals surface area (Å²) in [4.78, 5) is 0.395. The van der Waals surface area contributed by atoms with E-state index in [2.05, 4.69) is 33.4 Å². The summed E-state index contributed by atoms with van der Waals surface area (Å²) in [7, 11) is 1.67. The Balaban J connectivity index is 1.91. The molecule has 21 heavy (non-hydrogen) atoms. The highest BCUT2D eigenvalue weighted by molar-refractivity contribution is 9.10. The minimum Gasteiger partial charge on any atom is -0.497 e. The average Bonchev–Trinajstić information content (AvgIpc) is 2.47. The van der Waals surface area contributed by atoms with Crippen molar-refractivity contribution in [2.75, 3.05) is 19.0 Å². The Morgan fingerprint density at radius 2 is 1.95 bits per heavy atom. The highest BCUT2D eigenvalue weighted by Crippen LogP contribution is 2.21. The minimum atomic E-state index is 0.395. The minimum absolute atomic E-state index is 0.395. The lowest BCUT2D eigenvalue weighted by Gasteiger charge is -2.09. The van der Waals surface area contributed by atoms with Crippen molar-refractivity contribution in [3.05, 3.63) is 58.1 Å². The summed E-state index contributed by atoms with van der Waals surface area (Å²) in [6, 6.07) is 14.0. The molecule has 3 N–H and O–H groups in total. The summed E-state index contributed by atoms with van der Waals surface area (Å²) >= 11 is 8.46. The van der Waals surface area contributed by atoms with Crippen molar-refractivity contribution in [2.45, 2.75) is 6.42 Å². The summed E-state index contributed by atoms with van der Waals surface area (Å²) < 4.78 is 6.05. The molecule has 2 rings (SSSR count). The van der Waals surface area contributed by atoms with Crippen LogP contribution >= 0.6 is 28.1 Å². The Bertz CT molecular complexity index is 629. The third-order valence-electron chi connectivity index (χ3n) is 3.14. The van der Waals surface area contributed by atoms with Crippen molar-refractivity contribution in [3.8, 4) is 5.75 Å². The molecular formula is C16H17BrN2OS. The van der Waals surface area contributed by atoms with Crippen LogP contribution in [0.15, 0.2) is 46.9 Å². The fraction of sp³-hybridized carbons (Fsp3) is 0.188. The summed E-state index contributed by atoms with van der Waals surface area (Å²) in [6.45, 7) is 0.852. The highest BCUT2D eigenvalue weighted by atomic mass is 79.9. The first-order valence-corrected chi connectivity index (χ1v) is 7.76. The maximum absolute atomic E-state index is 5.64. The van der Waals surface area contributed by atoms with Gasteiger partial charge in [0.15, 0.2) is 0 Å². The van der Waals surface area contributed by atoms with Crippen molar-refractivity contribution < 1.29 is 4.74 Å². The SMILES string of the molecule is COc1ccc(CCNc2ccc(C(N)=S)c(Br)c2)cc1. The van der Waals surface area contributed by atoms with Crippen molar-refractivity contribution in [1.29, 1.82) is 0 Å². The van der Waals surface area contributed by atoms with Crippen molar-refractivity contribution in [2.24, 2.45) is 5.73 Å².